The fourth-order valence-corrected chi connectivity index (χ4v) is 13.6. The second-order valence-electron chi connectivity index (χ2n) is 11.6. The van der Waals surface area contributed by atoms with Crippen molar-refractivity contribution in [3.63, 3.8) is 0 Å². The van der Waals surface area contributed by atoms with Crippen LogP contribution in [0.1, 0.15) is 115 Å². The van der Waals surface area contributed by atoms with Gasteiger partial charge in [-0.15, -0.1) is 22.7 Å². The van der Waals surface area contributed by atoms with E-state index in [1.165, 1.54) is 115 Å². The molecule has 0 saturated heterocycles. The number of thiophene rings is 2. The molecule has 0 atom stereocenters. The van der Waals surface area contributed by atoms with Gasteiger partial charge in [-0.25, -0.2) is 0 Å². The summed E-state index contributed by atoms with van der Waals surface area (Å²) < 4.78 is 7.92. The molecule has 0 fully saturated rings. The molecule has 3 rings (SSSR count). The number of rotatable bonds is 18. The van der Waals surface area contributed by atoms with Crippen LogP contribution in [0.25, 0.3) is 19.5 Å². The highest BCUT2D eigenvalue weighted by molar-refractivity contribution is 14.1. The van der Waals surface area contributed by atoms with Crippen molar-refractivity contribution in [2.45, 2.75) is 136 Å². The number of unbranched alkanes of at least 4 members (excludes halogenated alkanes) is 15. The molecule has 2 aromatic heterocycles. The van der Waals surface area contributed by atoms with Gasteiger partial charge in [0.05, 0.1) is 17.5 Å². The Hall–Kier alpha value is 0.0869. The largest absolute Gasteiger partial charge is 0.142 e. The normalized spacial score (nSPS) is 12.4. The van der Waals surface area contributed by atoms with Crippen molar-refractivity contribution in [2.24, 2.45) is 0 Å². The summed E-state index contributed by atoms with van der Waals surface area (Å²) in [6.07, 6.45) is 24.3. The van der Waals surface area contributed by atoms with E-state index in [9.17, 15) is 0 Å². The molecule has 196 valence electrons. The summed E-state index contributed by atoms with van der Waals surface area (Å²) in [7, 11) is -1.26. The molecule has 35 heavy (non-hydrogen) atoms. The Morgan fingerprint density at radius 2 is 1.14 bits per heavy atom. The van der Waals surface area contributed by atoms with Gasteiger partial charge >= 0.3 is 0 Å². The van der Waals surface area contributed by atoms with E-state index < -0.39 is 8.07 Å². The summed E-state index contributed by atoms with van der Waals surface area (Å²) in [6, 6.07) is 7.06. The van der Waals surface area contributed by atoms with Crippen molar-refractivity contribution in [1.29, 1.82) is 0 Å². The van der Waals surface area contributed by atoms with Gasteiger partial charge in [-0.3, -0.25) is 0 Å². The van der Waals surface area contributed by atoms with Crippen molar-refractivity contribution in [3.05, 3.63) is 27.3 Å². The molecule has 0 nitrogen and oxygen atoms in total. The molecule has 1 aromatic carbocycles. The maximum Gasteiger partial charge on any atom is 0.0919 e. The Labute approximate surface area is 238 Å². The van der Waals surface area contributed by atoms with Crippen LogP contribution in [0.4, 0.5) is 0 Å². The van der Waals surface area contributed by atoms with Crippen LogP contribution in [0.15, 0.2) is 18.2 Å². The first kappa shape index (κ1) is 29.6. The molecule has 0 amide bonds. The van der Waals surface area contributed by atoms with E-state index >= 15 is 0 Å². The molecular formula is C31H49IS2Si. The van der Waals surface area contributed by atoms with Gasteiger partial charge in [0.25, 0.3) is 0 Å². The average molecular weight is 641 g/mol. The fraction of sp³-hybridized carbons (Fsp3) is 0.677. The third-order valence-corrected chi connectivity index (χ3v) is 15.9. The first-order chi connectivity index (χ1) is 16.9. The van der Waals surface area contributed by atoms with Crippen molar-refractivity contribution < 1.29 is 0 Å². The van der Waals surface area contributed by atoms with Crippen LogP contribution in [0, 0.1) is 3.57 Å². The first-order valence-corrected chi connectivity index (χ1v) is 20.8. The van der Waals surface area contributed by atoms with Gasteiger partial charge in [0.1, 0.15) is 0 Å². The maximum atomic E-state index is 2.63. The summed E-state index contributed by atoms with van der Waals surface area (Å²) >= 11 is 6.78. The summed E-state index contributed by atoms with van der Waals surface area (Å²) in [5, 5.41) is 1.52. The lowest BCUT2D eigenvalue weighted by Crippen LogP contribution is -2.36. The minimum absolute atomic E-state index is 1.25. The molecule has 0 saturated carbocycles. The van der Waals surface area contributed by atoms with E-state index in [-0.39, 0.29) is 0 Å². The average Bonchev–Trinajstić information content (AvgIpc) is 3.36. The van der Waals surface area contributed by atoms with E-state index in [1.807, 2.05) is 0 Å². The van der Waals surface area contributed by atoms with Crippen LogP contribution < -0.4 is 4.50 Å². The zero-order valence-corrected chi connectivity index (χ0v) is 27.7. The van der Waals surface area contributed by atoms with Gasteiger partial charge in [0.15, 0.2) is 0 Å². The lowest BCUT2D eigenvalue weighted by atomic mass is 10.0. The zero-order chi connectivity index (χ0) is 25.1. The predicted octanol–water partition coefficient (Wildman–Crippen LogP) is 12.1. The Kier molecular flexibility index (Phi) is 13.1. The van der Waals surface area contributed by atoms with Crippen LogP contribution in [-0.4, -0.2) is 8.07 Å². The lowest BCUT2D eigenvalue weighted by Gasteiger charge is -2.14. The third-order valence-electron chi connectivity index (χ3n) is 7.34. The summed E-state index contributed by atoms with van der Waals surface area (Å²) in [5.41, 5.74) is 1.59. The standard InChI is InChI=1S/C31H49IS2Si/c1-5-6-7-8-9-10-11-12-13-14-15-16-17-18-19-20-22-25-23-21-24-26-28(25)33-30-27(32)31(34-29(26)30)35(2,3)4/h21,23-24H,5-20,22H2,1-4H3. The second-order valence-corrected chi connectivity index (χ2v) is 20.1. The lowest BCUT2D eigenvalue weighted by molar-refractivity contribution is 0.529. The highest BCUT2D eigenvalue weighted by Crippen LogP contribution is 2.42. The van der Waals surface area contributed by atoms with Gasteiger partial charge in [-0.2, -0.15) is 0 Å². The zero-order valence-electron chi connectivity index (χ0n) is 22.9. The Morgan fingerprint density at radius 1 is 0.629 bits per heavy atom. The van der Waals surface area contributed by atoms with Gasteiger partial charge in [-0.1, -0.05) is 141 Å². The van der Waals surface area contributed by atoms with Gasteiger partial charge < -0.3 is 0 Å². The van der Waals surface area contributed by atoms with Crippen molar-refractivity contribution in [2.75, 3.05) is 0 Å². The molecule has 0 radical (unpaired) electrons. The Morgan fingerprint density at radius 3 is 1.66 bits per heavy atom. The second kappa shape index (κ2) is 15.5. The van der Waals surface area contributed by atoms with Crippen LogP contribution >= 0.6 is 45.3 Å². The smallest absolute Gasteiger partial charge is 0.0919 e. The van der Waals surface area contributed by atoms with Crippen LogP contribution in [0.3, 0.4) is 0 Å². The molecule has 0 spiro atoms. The predicted molar refractivity (Wildman–Crippen MR) is 176 cm³/mol. The molecule has 2 heterocycles. The van der Waals surface area contributed by atoms with Crippen LogP contribution in [0.2, 0.25) is 19.6 Å². The van der Waals surface area contributed by atoms with Gasteiger partial charge in [0, 0.05) is 18.2 Å². The molecular weight excluding hydrogens is 591 g/mol. The molecule has 0 N–H and O–H groups in total. The monoisotopic (exact) mass is 640 g/mol. The summed E-state index contributed by atoms with van der Waals surface area (Å²) in [4.78, 5) is 0. The van der Waals surface area contributed by atoms with E-state index in [0.717, 1.165) is 0 Å². The van der Waals surface area contributed by atoms with Gasteiger partial charge in [-0.05, 0) is 41.0 Å². The van der Waals surface area contributed by atoms with E-state index in [4.69, 9.17) is 0 Å². The number of hydrogen-bond acceptors (Lipinski definition) is 2. The van der Waals surface area contributed by atoms with Crippen molar-refractivity contribution in [3.8, 4) is 0 Å². The van der Waals surface area contributed by atoms with Crippen LogP contribution in [-0.2, 0) is 6.42 Å². The Bertz CT molecular complexity index is 1010. The number of aryl methyl sites for hydroxylation is 1. The molecule has 4 heteroatoms. The van der Waals surface area contributed by atoms with Crippen molar-refractivity contribution in [1.82, 2.24) is 0 Å². The van der Waals surface area contributed by atoms with Gasteiger partial charge in [0.2, 0.25) is 0 Å². The third kappa shape index (κ3) is 9.10. The van der Waals surface area contributed by atoms with Crippen molar-refractivity contribution >= 4 is 77.3 Å². The number of benzene rings is 1. The fourth-order valence-electron chi connectivity index (χ4n) is 5.19. The number of hydrogen-bond donors (Lipinski definition) is 0. The SMILES string of the molecule is CCCCCCCCCCCCCCCCCCc1cccc2c1sc1c(I)c([Si](C)(C)C)sc12. The highest BCUT2D eigenvalue weighted by atomic mass is 127. The molecule has 0 unspecified atom stereocenters. The molecule has 0 aliphatic heterocycles. The number of fused-ring (bicyclic) bond motifs is 3. The Balaban J connectivity index is 1.29. The molecule has 0 bridgehead atoms. The van der Waals surface area contributed by atoms with E-state index in [0.29, 0.717) is 0 Å². The minimum Gasteiger partial charge on any atom is -0.142 e. The van der Waals surface area contributed by atoms with E-state index in [1.54, 1.807) is 27.7 Å². The van der Waals surface area contributed by atoms with E-state index in [2.05, 4.69) is 90.0 Å². The molecule has 3 aromatic rings. The minimum atomic E-state index is -1.26. The quantitative estimate of drug-likeness (QED) is 0.0737. The summed E-state index contributed by atoms with van der Waals surface area (Å²) in [5.74, 6) is 0. The maximum absolute atomic E-state index is 2.63. The highest BCUT2D eigenvalue weighted by Gasteiger charge is 2.26. The summed E-state index contributed by atoms with van der Waals surface area (Å²) in [6.45, 7) is 9.75. The number of halogens is 1. The molecule has 0 aliphatic rings. The van der Waals surface area contributed by atoms with Crippen LogP contribution in [0.5, 0.6) is 0 Å². The first-order valence-electron chi connectivity index (χ1n) is 14.6. The molecule has 0 aliphatic carbocycles. The topological polar surface area (TPSA) is 0 Å².